The summed E-state index contributed by atoms with van der Waals surface area (Å²) < 4.78 is 18.6. The van der Waals surface area contributed by atoms with E-state index in [1.165, 1.54) is 12.8 Å². The van der Waals surface area contributed by atoms with E-state index in [-0.39, 0.29) is 10.5 Å². The van der Waals surface area contributed by atoms with Gasteiger partial charge in [0.1, 0.15) is 0 Å². The molecule has 0 aromatic heterocycles. The Morgan fingerprint density at radius 1 is 1.19 bits per heavy atom. The van der Waals surface area contributed by atoms with E-state index < -0.39 is 14.1 Å². The second kappa shape index (κ2) is 7.12. The van der Waals surface area contributed by atoms with Crippen LogP contribution in [0.4, 0.5) is 0 Å². The van der Waals surface area contributed by atoms with Crippen LogP contribution in [0.1, 0.15) is 73.6 Å². The molecule has 3 rings (SSSR count). The van der Waals surface area contributed by atoms with Crippen LogP contribution in [0, 0.1) is 5.41 Å². The Balaban J connectivity index is 1.76. The number of rotatable bonds is 5. The zero-order chi connectivity index (χ0) is 20.1. The zero-order valence-corrected chi connectivity index (χ0v) is 19.8. The van der Waals surface area contributed by atoms with Gasteiger partial charge in [-0.05, 0) is 68.8 Å². The summed E-state index contributed by atoms with van der Waals surface area (Å²) >= 11 is 0. The summed E-state index contributed by atoms with van der Waals surface area (Å²) in [7, 11) is -1.77. The molecule has 3 aliphatic rings. The molecule has 1 aliphatic heterocycles. The molecule has 0 unspecified atom stereocenters. The van der Waals surface area contributed by atoms with Crippen molar-refractivity contribution in [1.82, 2.24) is 0 Å². The molecule has 0 spiro atoms. The van der Waals surface area contributed by atoms with E-state index >= 15 is 0 Å². The van der Waals surface area contributed by atoms with Crippen LogP contribution in [0.15, 0.2) is 22.8 Å². The van der Waals surface area contributed by atoms with Crippen molar-refractivity contribution in [2.45, 2.75) is 104 Å². The van der Waals surface area contributed by atoms with Crippen molar-refractivity contribution in [2.75, 3.05) is 13.2 Å². The molecule has 27 heavy (non-hydrogen) atoms. The van der Waals surface area contributed by atoms with Crippen molar-refractivity contribution < 1.29 is 13.9 Å². The quantitative estimate of drug-likeness (QED) is 0.509. The summed E-state index contributed by atoms with van der Waals surface area (Å²) in [6.07, 6.45) is 8.22. The van der Waals surface area contributed by atoms with Gasteiger partial charge in [0, 0.05) is 11.8 Å². The molecule has 1 saturated heterocycles. The first kappa shape index (κ1) is 21.3. The number of fused-ring (bicyclic) bond motifs is 1. The highest BCUT2D eigenvalue weighted by Gasteiger charge is 2.49. The SMILES string of the molecule is CC1=C(CCC2(C)OCCO2)C2=CC[C@H](O[Si](C)(C)C(C)(C)C)[C@@]2(C)CC1. The minimum absolute atomic E-state index is 0.155. The maximum absolute atomic E-state index is 6.93. The molecule has 0 aromatic carbocycles. The minimum Gasteiger partial charge on any atom is -0.413 e. The predicted molar refractivity (Wildman–Crippen MR) is 114 cm³/mol. The highest BCUT2D eigenvalue weighted by atomic mass is 28.4. The van der Waals surface area contributed by atoms with Gasteiger partial charge in [0.05, 0.1) is 19.3 Å². The third-order valence-electron chi connectivity index (χ3n) is 7.69. The number of hydrogen-bond acceptors (Lipinski definition) is 3. The van der Waals surface area contributed by atoms with Gasteiger partial charge >= 0.3 is 0 Å². The van der Waals surface area contributed by atoms with Crippen molar-refractivity contribution in [3.8, 4) is 0 Å². The maximum Gasteiger partial charge on any atom is 0.192 e. The Labute approximate surface area is 167 Å². The third kappa shape index (κ3) is 4.01. The lowest BCUT2D eigenvalue weighted by Gasteiger charge is -2.46. The van der Waals surface area contributed by atoms with Gasteiger partial charge in [-0.1, -0.05) is 39.3 Å². The summed E-state index contributed by atoms with van der Waals surface area (Å²) in [5.74, 6) is -0.405. The van der Waals surface area contributed by atoms with Crippen molar-refractivity contribution in [3.63, 3.8) is 0 Å². The van der Waals surface area contributed by atoms with Gasteiger partial charge in [-0.3, -0.25) is 0 Å². The smallest absolute Gasteiger partial charge is 0.192 e. The normalized spacial score (nSPS) is 31.3. The number of allylic oxidation sites excluding steroid dienone is 2. The Kier molecular flexibility index (Phi) is 5.62. The van der Waals surface area contributed by atoms with Crippen molar-refractivity contribution in [1.29, 1.82) is 0 Å². The fraction of sp³-hybridized carbons (Fsp3) is 0.826. The second-order valence-electron chi connectivity index (χ2n) is 10.7. The lowest BCUT2D eigenvalue weighted by atomic mass is 9.68. The van der Waals surface area contributed by atoms with E-state index in [4.69, 9.17) is 13.9 Å². The number of ether oxygens (including phenoxy) is 2. The van der Waals surface area contributed by atoms with E-state index in [9.17, 15) is 0 Å². The van der Waals surface area contributed by atoms with Crippen LogP contribution in [0.25, 0.3) is 0 Å². The molecule has 1 heterocycles. The van der Waals surface area contributed by atoms with Gasteiger partial charge in [-0.25, -0.2) is 0 Å². The van der Waals surface area contributed by atoms with Gasteiger partial charge in [-0.15, -0.1) is 0 Å². The van der Waals surface area contributed by atoms with Gasteiger partial charge in [0.15, 0.2) is 14.1 Å². The highest BCUT2D eigenvalue weighted by Crippen LogP contribution is 2.54. The molecule has 1 fully saturated rings. The number of hydrogen-bond donors (Lipinski definition) is 0. The molecule has 0 amide bonds. The maximum atomic E-state index is 6.93. The molecule has 3 nitrogen and oxygen atoms in total. The molecule has 2 atom stereocenters. The second-order valence-corrected chi connectivity index (χ2v) is 15.5. The summed E-state index contributed by atoms with van der Waals surface area (Å²) in [4.78, 5) is 0. The topological polar surface area (TPSA) is 27.7 Å². The monoisotopic (exact) mass is 392 g/mol. The molecule has 2 aliphatic carbocycles. The lowest BCUT2D eigenvalue weighted by Crippen LogP contribution is -2.48. The van der Waals surface area contributed by atoms with E-state index in [2.05, 4.69) is 60.7 Å². The van der Waals surface area contributed by atoms with Crippen molar-refractivity contribution in [3.05, 3.63) is 22.8 Å². The van der Waals surface area contributed by atoms with Crippen LogP contribution < -0.4 is 0 Å². The molecular weight excluding hydrogens is 352 g/mol. The molecule has 0 bridgehead atoms. The summed E-state index contributed by atoms with van der Waals surface area (Å²) in [5.41, 5.74) is 4.80. The summed E-state index contributed by atoms with van der Waals surface area (Å²) in [6, 6.07) is 0. The minimum atomic E-state index is -1.77. The fourth-order valence-corrected chi connectivity index (χ4v) is 6.02. The highest BCUT2D eigenvalue weighted by molar-refractivity contribution is 6.74. The van der Waals surface area contributed by atoms with E-state index in [1.807, 2.05) is 0 Å². The van der Waals surface area contributed by atoms with E-state index in [1.54, 1.807) is 16.7 Å². The van der Waals surface area contributed by atoms with Crippen molar-refractivity contribution in [2.24, 2.45) is 5.41 Å². The van der Waals surface area contributed by atoms with Crippen LogP contribution in [-0.4, -0.2) is 33.4 Å². The van der Waals surface area contributed by atoms with Crippen LogP contribution in [0.3, 0.4) is 0 Å². The average molecular weight is 393 g/mol. The lowest BCUT2D eigenvalue weighted by molar-refractivity contribution is -0.146. The molecular formula is C23H40O3Si. The van der Waals surface area contributed by atoms with Crippen molar-refractivity contribution >= 4 is 8.32 Å². The first-order chi connectivity index (χ1) is 12.4. The molecule has 0 N–H and O–H groups in total. The fourth-order valence-electron chi connectivity index (χ4n) is 4.59. The van der Waals surface area contributed by atoms with Gasteiger partial charge in [-0.2, -0.15) is 0 Å². The van der Waals surface area contributed by atoms with Crippen LogP contribution >= 0.6 is 0 Å². The largest absolute Gasteiger partial charge is 0.413 e. The Bertz CT molecular complexity index is 634. The summed E-state index contributed by atoms with van der Waals surface area (Å²) in [6.45, 7) is 20.1. The summed E-state index contributed by atoms with van der Waals surface area (Å²) in [5, 5.41) is 0.251. The molecule has 0 radical (unpaired) electrons. The van der Waals surface area contributed by atoms with E-state index in [0.29, 0.717) is 6.10 Å². The average Bonchev–Trinajstić information content (AvgIpc) is 3.11. The predicted octanol–water partition coefficient (Wildman–Crippen LogP) is 6.37. The first-order valence-corrected chi connectivity index (χ1v) is 13.6. The van der Waals surface area contributed by atoms with Crippen LogP contribution in [0.2, 0.25) is 18.1 Å². The van der Waals surface area contributed by atoms with Crippen LogP contribution in [-0.2, 0) is 13.9 Å². The zero-order valence-electron chi connectivity index (χ0n) is 18.8. The molecule has 154 valence electrons. The Hall–Kier alpha value is -0.423. The Morgan fingerprint density at radius 3 is 2.41 bits per heavy atom. The molecule has 0 saturated carbocycles. The van der Waals surface area contributed by atoms with Crippen LogP contribution in [0.5, 0.6) is 0 Å². The first-order valence-electron chi connectivity index (χ1n) is 10.7. The molecule has 4 heteroatoms. The molecule has 0 aromatic rings. The van der Waals surface area contributed by atoms with E-state index in [0.717, 1.165) is 32.5 Å². The van der Waals surface area contributed by atoms with Gasteiger partial charge < -0.3 is 13.9 Å². The van der Waals surface area contributed by atoms with Gasteiger partial charge in [0.2, 0.25) is 0 Å². The third-order valence-corrected chi connectivity index (χ3v) is 12.2. The van der Waals surface area contributed by atoms with Gasteiger partial charge in [0.25, 0.3) is 0 Å². The standard InChI is InChI=1S/C23H40O3Si/c1-17-11-13-22(5)19(18(17)12-14-23(6)24-15-16-25-23)9-10-20(22)26-27(7,8)21(2,3)4/h9,20H,10-16H2,1-8H3/t20-,22-/m0/s1. The Morgan fingerprint density at radius 2 is 1.81 bits per heavy atom.